The summed E-state index contributed by atoms with van der Waals surface area (Å²) in [6.45, 7) is 0.558. The first-order valence-corrected chi connectivity index (χ1v) is 4.89. The van der Waals surface area contributed by atoms with Crippen molar-refractivity contribution in [2.24, 2.45) is 16.5 Å². The molecule has 0 unspecified atom stereocenters. The van der Waals surface area contributed by atoms with Gasteiger partial charge in [0.25, 0.3) is 0 Å². The Hall–Kier alpha value is -1.30. The highest BCUT2D eigenvalue weighted by Crippen LogP contribution is 2.06. The fourth-order valence-electron chi connectivity index (χ4n) is 1.26. The summed E-state index contributed by atoms with van der Waals surface area (Å²) >= 11 is 0. The molecule has 0 saturated heterocycles. The molecule has 0 fully saturated rings. The molecule has 0 rings (SSSR count). The summed E-state index contributed by atoms with van der Waals surface area (Å²) in [5, 5.41) is 8.88. The van der Waals surface area contributed by atoms with Gasteiger partial charge in [0.15, 0.2) is 5.96 Å². The third kappa shape index (κ3) is 6.73. The van der Waals surface area contributed by atoms with Crippen molar-refractivity contribution in [3.63, 3.8) is 0 Å². The summed E-state index contributed by atoms with van der Waals surface area (Å²) < 4.78 is 0. The molecular formula is C9H20N4O2. The summed E-state index contributed by atoms with van der Waals surface area (Å²) in [7, 11) is 3.52. The molecule has 0 heterocycles. The molecule has 0 aliphatic carbocycles. The highest BCUT2D eigenvalue weighted by Gasteiger charge is 2.18. The molecule has 15 heavy (non-hydrogen) atoms. The molecule has 0 amide bonds. The van der Waals surface area contributed by atoms with Crippen LogP contribution in [0.3, 0.4) is 0 Å². The number of nitrogens with two attached hydrogens (primary N) is 2. The van der Waals surface area contributed by atoms with Gasteiger partial charge in [0.05, 0.1) is 0 Å². The molecular weight excluding hydrogens is 196 g/mol. The van der Waals surface area contributed by atoms with Crippen LogP contribution in [0, 0.1) is 0 Å². The SMILES string of the molecule is CN(C)[C@@H](CCCCN=C(N)N)C(=O)O. The maximum Gasteiger partial charge on any atom is 0.320 e. The maximum atomic E-state index is 10.8. The summed E-state index contributed by atoms with van der Waals surface area (Å²) in [5.74, 6) is -0.709. The van der Waals surface area contributed by atoms with Crippen LogP contribution in [0.15, 0.2) is 4.99 Å². The lowest BCUT2D eigenvalue weighted by Crippen LogP contribution is -2.35. The number of hydrogen-bond donors (Lipinski definition) is 3. The molecule has 0 aromatic rings. The molecule has 0 aliphatic rings. The Morgan fingerprint density at radius 1 is 1.40 bits per heavy atom. The quantitative estimate of drug-likeness (QED) is 0.301. The van der Waals surface area contributed by atoms with Crippen LogP contribution in [0.25, 0.3) is 0 Å². The van der Waals surface area contributed by atoms with Crippen molar-refractivity contribution in [2.45, 2.75) is 25.3 Å². The smallest absolute Gasteiger partial charge is 0.320 e. The van der Waals surface area contributed by atoms with Gasteiger partial charge >= 0.3 is 5.97 Å². The highest BCUT2D eigenvalue weighted by atomic mass is 16.4. The van der Waals surface area contributed by atoms with Crippen molar-refractivity contribution < 1.29 is 9.90 Å². The number of carboxylic acids is 1. The van der Waals surface area contributed by atoms with Gasteiger partial charge in [-0.2, -0.15) is 0 Å². The largest absolute Gasteiger partial charge is 0.480 e. The second-order valence-corrected chi connectivity index (χ2v) is 3.62. The molecule has 5 N–H and O–H groups in total. The average molecular weight is 216 g/mol. The Balaban J connectivity index is 3.73. The fourth-order valence-corrected chi connectivity index (χ4v) is 1.26. The van der Waals surface area contributed by atoms with E-state index < -0.39 is 12.0 Å². The molecule has 0 radical (unpaired) electrons. The fraction of sp³-hybridized carbons (Fsp3) is 0.778. The zero-order chi connectivity index (χ0) is 11.8. The van der Waals surface area contributed by atoms with Crippen LogP contribution in [0.4, 0.5) is 0 Å². The van der Waals surface area contributed by atoms with E-state index in [1.54, 1.807) is 19.0 Å². The van der Waals surface area contributed by atoms with Crippen LogP contribution in [-0.4, -0.2) is 48.6 Å². The minimum Gasteiger partial charge on any atom is -0.480 e. The number of likely N-dealkylation sites (N-methyl/N-ethyl adjacent to an activating group) is 1. The second kappa shape index (κ2) is 7.05. The predicted octanol–water partition coefficient (Wildman–Crippen LogP) is -0.555. The van der Waals surface area contributed by atoms with E-state index in [2.05, 4.69) is 4.99 Å². The Morgan fingerprint density at radius 3 is 2.40 bits per heavy atom. The predicted molar refractivity (Wildman–Crippen MR) is 59.6 cm³/mol. The molecule has 0 spiro atoms. The third-order valence-corrected chi connectivity index (χ3v) is 2.09. The summed E-state index contributed by atoms with van der Waals surface area (Å²) in [5.41, 5.74) is 10.3. The minimum absolute atomic E-state index is 0.0809. The lowest BCUT2D eigenvalue weighted by molar-refractivity contribution is -0.142. The van der Waals surface area contributed by atoms with E-state index in [0.717, 1.165) is 12.8 Å². The number of carboxylic acid groups (broad SMARTS) is 1. The van der Waals surface area contributed by atoms with Crippen molar-refractivity contribution in [2.75, 3.05) is 20.6 Å². The first kappa shape index (κ1) is 13.7. The van der Waals surface area contributed by atoms with Crippen molar-refractivity contribution in [3.05, 3.63) is 0 Å². The van der Waals surface area contributed by atoms with Gasteiger partial charge in [0.2, 0.25) is 0 Å². The molecule has 6 heteroatoms. The topological polar surface area (TPSA) is 105 Å². The number of aliphatic carboxylic acids is 1. The van der Waals surface area contributed by atoms with E-state index >= 15 is 0 Å². The zero-order valence-corrected chi connectivity index (χ0v) is 9.31. The number of hydrogen-bond acceptors (Lipinski definition) is 3. The van der Waals surface area contributed by atoms with Crippen LogP contribution >= 0.6 is 0 Å². The molecule has 0 saturated carbocycles. The summed E-state index contributed by atoms with van der Waals surface area (Å²) in [6, 6.07) is -0.427. The Labute approximate surface area is 89.9 Å². The molecule has 6 nitrogen and oxygen atoms in total. The first-order valence-electron chi connectivity index (χ1n) is 4.89. The van der Waals surface area contributed by atoms with Gasteiger partial charge in [-0.05, 0) is 33.4 Å². The number of guanidine groups is 1. The van der Waals surface area contributed by atoms with E-state index in [1.807, 2.05) is 0 Å². The van der Waals surface area contributed by atoms with Crippen molar-refractivity contribution in [1.29, 1.82) is 0 Å². The van der Waals surface area contributed by atoms with Gasteiger partial charge in [-0.15, -0.1) is 0 Å². The number of aliphatic imine (C=N–C) groups is 1. The van der Waals surface area contributed by atoms with Crippen LogP contribution in [0.1, 0.15) is 19.3 Å². The molecule has 0 aromatic heterocycles. The molecule has 0 bridgehead atoms. The average Bonchev–Trinajstić information content (AvgIpc) is 2.08. The first-order chi connectivity index (χ1) is 6.95. The lowest BCUT2D eigenvalue weighted by Gasteiger charge is -2.19. The van der Waals surface area contributed by atoms with Crippen molar-refractivity contribution in [3.8, 4) is 0 Å². The number of rotatable bonds is 7. The Bertz CT molecular complexity index is 224. The van der Waals surface area contributed by atoms with E-state index in [-0.39, 0.29) is 5.96 Å². The van der Waals surface area contributed by atoms with E-state index in [0.29, 0.717) is 13.0 Å². The Morgan fingerprint density at radius 2 is 2.00 bits per heavy atom. The Kier molecular flexibility index (Phi) is 6.44. The van der Waals surface area contributed by atoms with Crippen molar-refractivity contribution >= 4 is 11.9 Å². The monoisotopic (exact) mass is 216 g/mol. The minimum atomic E-state index is -0.790. The number of nitrogens with zero attached hydrogens (tertiary/aromatic N) is 2. The highest BCUT2D eigenvalue weighted by molar-refractivity contribution is 5.75. The molecule has 0 aromatic carbocycles. The molecule has 1 atom stereocenters. The number of unbranched alkanes of at least 4 members (excludes halogenated alkanes) is 1. The normalized spacial score (nSPS) is 12.5. The van der Waals surface area contributed by atoms with Gasteiger partial charge < -0.3 is 16.6 Å². The van der Waals surface area contributed by atoms with E-state index in [1.165, 1.54) is 0 Å². The van der Waals surface area contributed by atoms with E-state index in [9.17, 15) is 4.79 Å². The van der Waals surface area contributed by atoms with E-state index in [4.69, 9.17) is 16.6 Å². The molecule has 88 valence electrons. The maximum absolute atomic E-state index is 10.8. The lowest BCUT2D eigenvalue weighted by atomic mass is 10.1. The third-order valence-electron chi connectivity index (χ3n) is 2.09. The van der Waals surface area contributed by atoms with Gasteiger partial charge in [-0.3, -0.25) is 14.7 Å². The molecule has 0 aliphatic heterocycles. The van der Waals surface area contributed by atoms with Gasteiger partial charge in [-0.1, -0.05) is 0 Å². The zero-order valence-electron chi connectivity index (χ0n) is 9.31. The van der Waals surface area contributed by atoms with Crippen LogP contribution in [0.5, 0.6) is 0 Å². The van der Waals surface area contributed by atoms with Gasteiger partial charge in [0, 0.05) is 6.54 Å². The summed E-state index contributed by atoms with van der Waals surface area (Å²) in [4.78, 5) is 16.3. The number of carbonyl (C=O) groups is 1. The second-order valence-electron chi connectivity index (χ2n) is 3.62. The van der Waals surface area contributed by atoms with Crippen LogP contribution < -0.4 is 11.5 Å². The van der Waals surface area contributed by atoms with Crippen LogP contribution in [-0.2, 0) is 4.79 Å². The summed E-state index contributed by atoms with van der Waals surface area (Å²) in [6.07, 6.45) is 2.21. The standard InChI is InChI=1S/C9H20N4O2/c1-13(2)7(8(14)15)5-3-4-6-12-9(10)11/h7H,3-6H2,1-2H3,(H,14,15)(H4,10,11,12)/t7-/m0/s1. The van der Waals surface area contributed by atoms with Crippen molar-refractivity contribution in [1.82, 2.24) is 4.90 Å². The van der Waals surface area contributed by atoms with Crippen LogP contribution in [0.2, 0.25) is 0 Å². The van der Waals surface area contributed by atoms with Gasteiger partial charge in [-0.25, -0.2) is 0 Å². The van der Waals surface area contributed by atoms with Gasteiger partial charge in [0.1, 0.15) is 6.04 Å².